The smallest absolute Gasteiger partial charge is 0.272 e. The average Bonchev–Trinajstić information content (AvgIpc) is 3.38. The number of fused-ring (bicyclic) bond motifs is 1. The lowest BCUT2D eigenvalue weighted by Crippen LogP contribution is -2.18. The number of amides is 2. The van der Waals surface area contributed by atoms with Gasteiger partial charge in [0.2, 0.25) is 0 Å². The van der Waals surface area contributed by atoms with Crippen molar-refractivity contribution in [1.29, 1.82) is 0 Å². The summed E-state index contributed by atoms with van der Waals surface area (Å²) in [6, 6.07) is 11.8. The predicted molar refractivity (Wildman–Crippen MR) is 108 cm³/mol. The van der Waals surface area contributed by atoms with Crippen molar-refractivity contribution in [2.75, 3.05) is 12.4 Å². The lowest BCUT2D eigenvalue weighted by atomic mass is 10.0. The summed E-state index contributed by atoms with van der Waals surface area (Å²) < 4.78 is 4.60. The molecule has 2 aliphatic rings. The largest absolute Gasteiger partial charge is 0.336 e. The van der Waals surface area contributed by atoms with Gasteiger partial charge in [-0.3, -0.25) is 9.59 Å². The van der Waals surface area contributed by atoms with Gasteiger partial charge in [0.15, 0.2) is 0 Å². The second-order valence-electron chi connectivity index (χ2n) is 7.26. The second-order valence-corrected chi connectivity index (χ2v) is 8.03. The zero-order valence-electron chi connectivity index (χ0n) is 15.3. The minimum Gasteiger partial charge on any atom is -0.336 e. The number of hydrogen-bond donors (Lipinski definition) is 1. The van der Waals surface area contributed by atoms with Crippen molar-refractivity contribution >= 4 is 29.0 Å². The van der Waals surface area contributed by atoms with Crippen molar-refractivity contribution in [3.63, 3.8) is 0 Å². The van der Waals surface area contributed by atoms with E-state index >= 15 is 0 Å². The Morgan fingerprint density at radius 3 is 2.75 bits per heavy atom. The Kier molecular flexibility index (Phi) is 3.98. The van der Waals surface area contributed by atoms with E-state index in [-0.39, 0.29) is 11.8 Å². The van der Waals surface area contributed by atoms with Crippen LogP contribution < -0.4 is 5.32 Å². The molecule has 3 aromatic rings. The standard InChI is InChI=1S/C21H18N4O2S/c1-25-11-14-9-15(10-22-18(14)21(25)27)23-20(26)19-16(12-7-8-12)17(24-28-19)13-5-3-2-4-6-13/h2-6,9-10,12H,7-8,11H2,1H3,(H,23,26). The molecular formula is C21H18N4O2S. The number of aromatic nitrogens is 2. The predicted octanol–water partition coefficient (Wildman–Crippen LogP) is 3.92. The molecule has 6 nitrogen and oxygen atoms in total. The van der Waals surface area contributed by atoms with Gasteiger partial charge in [-0.1, -0.05) is 30.3 Å². The van der Waals surface area contributed by atoms with Crippen LogP contribution in [0, 0.1) is 0 Å². The Hall–Kier alpha value is -3.06. The van der Waals surface area contributed by atoms with Crippen molar-refractivity contribution in [3.05, 3.63) is 64.3 Å². The van der Waals surface area contributed by atoms with E-state index in [2.05, 4.69) is 14.7 Å². The van der Waals surface area contributed by atoms with Gasteiger partial charge in [0.05, 0.1) is 17.6 Å². The molecule has 1 aliphatic heterocycles. The molecule has 1 fully saturated rings. The van der Waals surface area contributed by atoms with Gasteiger partial charge in [-0.05, 0) is 36.4 Å². The molecule has 0 spiro atoms. The van der Waals surface area contributed by atoms with E-state index in [9.17, 15) is 9.59 Å². The van der Waals surface area contributed by atoms with Crippen LogP contribution in [-0.2, 0) is 6.54 Å². The van der Waals surface area contributed by atoms with Crippen LogP contribution in [0.2, 0.25) is 0 Å². The maximum absolute atomic E-state index is 13.0. The van der Waals surface area contributed by atoms with Gasteiger partial charge in [-0.15, -0.1) is 0 Å². The zero-order valence-corrected chi connectivity index (χ0v) is 16.1. The number of nitrogens with zero attached hydrogens (tertiary/aromatic N) is 3. The molecule has 1 saturated carbocycles. The second kappa shape index (κ2) is 6.53. The minimum atomic E-state index is -0.166. The zero-order chi connectivity index (χ0) is 19.3. The molecule has 0 saturated heterocycles. The Labute approximate surface area is 166 Å². The van der Waals surface area contributed by atoms with E-state index < -0.39 is 0 Å². The van der Waals surface area contributed by atoms with Crippen LogP contribution in [0.15, 0.2) is 42.6 Å². The molecule has 0 atom stereocenters. The quantitative estimate of drug-likeness (QED) is 0.733. The van der Waals surface area contributed by atoms with E-state index in [0.717, 1.165) is 35.2 Å². The average molecular weight is 390 g/mol. The Morgan fingerprint density at radius 2 is 2.00 bits per heavy atom. The summed E-state index contributed by atoms with van der Waals surface area (Å²) in [7, 11) is 1.74. The molecule has 0 bridgehead atoms. The highest BCUT2D eigenvalue weighted by molar-refractivity contribution is 7.08. The first-order chi connectivity index (χ1) is 13.6. The third kappa shape index (κ3) is 2.88. The molecule has 28 heavy (non-hydrogen) atoms. The van der Waals surface area contributed by atoms with Crippen molar-refractivity contribution in [2.24, 2.45) is 0 Å². The highest BCUT2D eigenvalue weighted by atomic mass is 32.1. The maximum Gasteiger partial charge on any atom is 0.272 e. The lowest BCUT2D eigenvalue weighted by Gasteiger charge is -2.07. The van der Waals surface area contributed by atoms with Crippen LogP contribution in [0.25, 0.3) is 11.3 Å². The van der Waals surface area contributed by atoms with E-state index in [1.807, 2.05) is 36.4 Å². The molecule has 1 aliphatic carbocycles. The van der Waals surface area contributed by atoms with Crippen molar-refractivity contribution in [1.82, 2.24) is 14.3 Å². The van der Waals surface area contributed by atoms with E-state index in [4.69, 9.17) is 0 Å². The molecule has 5 rings (SSSR count). The number of nitrogens with one attached hydrogen (secondary N) is 1. The molecule has 0 unspecified atom stereocenters. The highest BCUT2D eigenvalue weighted by Gasteiger charge is 2.34. The molecule has 7 heteroatoms. The van der Waals surface area contributed by atoms with Crippen LogP contribution in [0.4, 0.5) is 5.69 Å². The Morgan fingerprint density at radius 1 is 1.21 bits per heavy atom. The summed E-state index contributed by atoms with van der Waals surface area (Å²) in [5.74, 6) is 0.152. The Balaban J connectivity index is 1.45. The van der Waals surface area contributed by atoms with Gasteiger partial charge >= 0.3 is 0 Å². The SMILES string of the molecule is CN1Cc2cc(NC(=O)c3snc(-c4ccccc4)c3C3CC3)cnc2C1=O. The number of anilines is 1. The summed E-state index contributed by atoms with van der Waals surface area (Å²) in [6.45, 7) is 0.511. The normalized spacial score (nSPS) is 15.6. The minimum absolute atomic E-state index is 0.0844. The van der Waals surface area contributed by atoms with E-state index in [0.29, 0.717) is 28.7 Å². The molecule has 3 heterocycles. The van der Waals surface area contributed by atoms with Crippen molar-refractivity contribution < 1.29 is 9.59 Å². The fourth-order valence-corrected chi connectivity index (χ4v) is 4.49. The fraction of sp³-hybridized carbons (Fsp3) is 0.238. The molecule has 1 aromatic carbocycles. The molecular weight excluding hydrogens is 372 g/mol. The molecule has 2 aromatic heterocycles. The van der Waals surface area contributed by atoms with Gasteiger partial charge in [-0.25, -0.2) is 4.98 Å². The van der Waals surface area contributed by atoms with Gasteiger partial charge in [0.1, 0.15) is 10.6 Å². The van der Waals surface area contributed by atoms with Crippen molar-refractivity contribution in [2.45, 2.75) is 25.3 Å². The van der Waals surface area contributed by atoms with E-state index in [1.54, 1.807) is 18.1 Å². The Bertz CT molecular complexity index is 1090. The summed E-state index contributed by atoms with van der Waals surface area (Å²) in [4.78, 5) is 31.5. The van der Waals surface area contributed by atoms with Gasteiger partial charge < -0.3 is 10.2 Å². The molecule has 140 valence electrons. The van der Waals surface area contributed by atoms with Gasteiger partial charge in [0, 0.05) is 30.3 Å². The monoisotopic (exact) mass is 390 g/mol. The summed E-state index contributed by atoms with van der Waals surface area (Å²) in [6.07, 6.45) is 3.73. The first-order valence-corrected chi connectivity index (χ1v) is 10.00. The van der Waals surface area contributed by atoms with Gasteiger partial charge in [0.25, 0.3) is 11.8 Å². The third-order valence-corrected chi connectivity index (χ3v) is 6.01. The first kappa shape index (κ1) is 17.1. The number of carbonyl (C=O) groups excluding carboxylic acids is 2. The number of hydrogen-bond acceptors (Lipinski definition) is 5. The van der Waals surface area contributed by atoms with Gasteiger partial charge in [-0.2, -0.15) is 4.37 Å². The lowest BCUT2D eigenvalue weighted by molar-refractivity contribution is 0.0812. The maximum atomic E-state index is 13.0. The van der Waals surface area contributed by atoms with Crippen LogP contribution in [0.1, 0.15) is 50.0 Å². The van der Waals surface area contributed by atoms with Crippen molar-refractivity contribution in [3.8, 4) is 11.3 Å². The number of rotatable bonds is 4. The summed E-state index contributed by atoms with van der Waals surface area (Å²) in [5, 5.41) is 2.94. The van der Waals surface area contributed by atoms with E-state index in [1.165, 1.54) is 11.5 Å². The molecule has 1 N–H and O–H groups in total. The topological polar surface area (TPSA) is 75.2 Å². The van der Waals surface area contributed by atoms with Crippen LogP contribution in [-0.4, -0.2) is 33.1 Å². The number of pyridine rings is 1. The van der Waals surface area contributed by atoms with Crippen LogP contribution in [0.5, 0.6) is 0 Å². The highest BCUT2D eigenvalue weighted by Crippen LogP contribution is 2.47. The summed E-state index contributed by atoms with van der Waals surface area (Å²) in [5.41, 5.74) is 4.91. The molecule has 0 radical (unpaired) electrons. The fourth-order valence-electron chi connectivity index (χ4n) is 3.60. The summed E-state index contributed by atoms with van der Waals surface area (Å²) >= 11 is 1.25. The first-order valence-electron chi connectivity index (χ1n) is 9.22. The van der Waals surface area contributed by atoms with Crippen LogP contribution in [0.3, 0.4) is 0 Å². The number of carbonyl (C=O) groups is 2. The number of benzene rings is 1. The van der Waals surface area contributed by atoms with Crippen LogP contribution >= 0.6 is 11.5 Å². The third-order valence-electron chi connectivity index (χ3n) is 5.15. The molecule has 2 amide bonds.